The summed E-state index contributed by atoms with van der Waals surface area (Å²) in [5.41, 5.74) is 9.99. The second-order valence-corrected chi connectivity index (χ2v) is 5.74. The Morgan fingerprint density at radius 2 is 1.94 bits per heavy atom. The van der Waals surface area contributed by atoms with Crippen LogP contribution >= 0.6 is 0 Å². The zero-order chi connectivity index (χ0) is 13.5. The molecule has 0 saturated carbocycles. The lowest BCUT2D eigenvalue weighted by Gasteiger charge is -2.19. The van der Waals surface area contributed by atoms with Crippen LogP contribution in [0.25, 0.3) is 5.57 Å². The Hall–Kier alpha value is -1.82. The van der Waals surface area contributed by atoms with Crippen molar-refractivity contribution in [2.75, 3.05) is 4.72 Å². The fourth-order valence-corrected chi connectivity index (χ4v) is 2.68. The molecule has 0 aromatic heterocycles. The van der Waals surface area contributed by atoms with Gasteiger partial charge in [-0.25, -0.2) is 0 Å². The summed E-state index contributed by atoms with van der Waals surface area (Å²) in [6.07, 6.45) is 0. The van der Waals surface area contributed by atoms with Crippen LogP contribution in [0, 0.1) is 0 Å². The van der Waals surface area contributed by atoms with Crippen molar-refractivity contribution < 1.29 is 8.42 Å². The molecule has 0 spiro atoms. The van der Waals surface area contributed by atoms with Crippen molar-refractivity contribution in [3.63, 3.8) is 0 Å². The molecule has 1 heterocycles. The molecule has 0 radical (unpaired) electrons. The van der Waals surface area contributed by atoms with Crippen LogP contribution in [-0.2, 0) is 10.2 Å². The van der Waals surface area contributed by atoms with Crippen LogP contribution in [0.5, 0.6) is 0 Å². The molecule has 1 aromatic carbocycles. The molecule has 1 aliphatic rings. The third kappa shape index (κ3) is 2.11. The lowest BCUT2D eigenvalue weighted by Crippen LogP contribution is -2.27. The van der Waals surface area contributed by atoms with Crippen LogP contribution in [-0.4, -0.2) is 14.3 Å². The normalized spacial score (nSPS) is 16.3. The summed E-state index contributed by atoms with van der Waals surface area (Å²) < 4.78 is 28.8. The zero-order valence-corrected chi connectivity index (χ0v) is 11.3. The number of amidine groups is 1. The van der Waals surface area contributed by atoms with Gasteiger partial charge in [0.2, 0.25) is 0 Å². The molecule has 0 fully saturated rings. The van der Waals surface area contributed by atoms with Crippen molar-refractivity contribution in [1.29, 1.82) is 0 Å². The molecule has 0 unspecified atom stereocenters. The molecule has 0 atom stereocenters. The summed E-state index contributed by atoms with van der Waals surface area (Å²) in [4.78, 5) is 0. The second-order valence-electron chi connectivity index (χ2n) is 4.41. The zero-order valence-electron chi connectivity index (χ0n) is 10.5. The minimum atomic E-state index is -3.71. The SMILES string of the molecule is CC(C)=C(C)c1cccc2c1C(N)=NS(=O)(=O)N2. The molecular weight excluding hydrogens is 250 g/mol. The van der Waals surface area contributed by atoms with E-state index in [4.69, 9.17) is 5.73 Å². The Morgan fingerprint density at radius 1 is 1.28 bits per heavy atom. The minimum Gasteiger partial charge on any atom is -0.382 e. The highest BCUT2D eigenvalue weighted by Crippen LogP contribution is 2.30. The van der Waals surface area contributed by atoms with Gasteiger partial charge in [-0.1, -0.05) is 17.7 Å². The van der Waals surface area contributed by atoms with Crippen molar-refractivity contribution >= 4 is 27.3 Å². The molecule has 0 saturated heterocycles. The fraction of sp³-hybridized carbons (Fsp3) is 0.250. The first-order valence-corrected chi connectivity index (χ1v) is 6.92. The summed E-state index contributed by atoms with van der Waals surface area (Å²) in [5, 5.41) is 0. The molecule has 6 heteroatoms. The Bertz CT molecular complexity index is 669. The summed E-state index contributed by atoms with van der Waals surface area (Å²) in [6, 6.07) is 5.38. The van der Waals surface area contributed by atoms with E-state index < -0.39 is 10.2 Å². The Morgan fingerprint density at radius 3 is 2.56 bits per heavy atom. The maximum Gasteiger partial charge on any atom is 0.344 e. The van der Waals surface area contributed by atoms with Gasteiger partial charge in [0.05, 0.1) is 5.69 Å². The predicted octanol–water partition coefficient (Wildman–Crippen LogP) is 1.88. The molecule has 2 rings (SSSR count). The van der Waals surface area contributed by atoms with E-state index in [-0.39, 0.29) is 5.84 Å². The van der Waals surface area contributed by atoms with Gasteiger partial charge in [0, 0.05) is 5.56 Å². The summed E-state index contributed by atoms with van der Waals surface area (Å²) >= 11 is 0. The average molecular weight is 265 g/mol. The number of fused-ring (bicyclic) bond motifs is 1. The number of rotatable bonds is 1. The molecule has 0 bridgehead atoms. The Kier molecular flexibility index (Phi) is 2.90. The number of hydrogen-bond acceptors (Lipinski definition) is 3. The van der Waals surface area contributed by atoms with E-state index in [0.29, 0.717) is 11.3 Å². The van der Waals surface area contributed by atoms with Gasteiger partial charge in [-0.3, -0.25) is 4.72 Å². The van der Waals surface area contributed by atoms with Gasteiger partial charge < -0.3 is 5.73 Å². The van der Waals surface area contributed by atoms with E-state index >= 15 is 0 Å². The highest BCUT2D eigenvalue weighted by molar-refractivity contribution is 7.91. The van der Waals surface area contributed by atoms with E-state index in [1.54, 1.807) is 12.1 Å². The van der Waals surface area contributed by atoms with Crippen LogP contribution in [0.3, 0.4) is 0 Å². The summed E-state index contributed by atoms with van der Waals surface area (Å²) in [7, 11) is -3.71. The summed E-state index contributed by atoms with van der Waals surface area (Å²) in [6.45, 7) is 5.96. The summed E-state index contributed by atoms with van der Waals surface area (Å²) in [5.74, 6) is 0.0277. The smallest absolute Gasteiger partial charge is 0.344 e. The molecule has 96 valence electrons. The Labute approximate surface area is 107 Å². The highest BCUT2D eigenvalue weighted by Gasteiger charge is 2.23. The van der Waals surface area contributed by atoms with Crippen molar-refractivity contribution in [2.45, 2.75) is 20.8 Å². The molecule has 18 heavy (non-hydrogen) atoms. The molecule has 1 aromatic rings. The van der Waals surface area contributed by atoms with Crippen LogP contribution in [0.4, 0.5) is 5.69 Å². The first-order chi connectivity index (χ1) is 8.32. The number of hydrogen-bond donors (Lipinski definition) is 2. The molecular formula is C12H15N3O2S. The van der Waals surface area contributed by atoms with E-state index in [0.717, 1.165) is 16.7 Å². The largest absolute Gasteiger partial charge is 0.382 e. The number of nitrogens with two attached hydrogens (primary N) is 1. The predicted molar refractivity (Wildman–Crippen MR) is 73.7 cm³/mol. The highest BCUT2D eigenvalue weighted by atomic mass is 32.2. The Balaban J connectivity index is 2.75. The molecule has 3 N–H and O–H groups in total. The van der Waals surface area contributed by atoms with Crippen LogP contribution < -0.4 is 10.5 Å². The first-order valence-electron chi connectivity index (χ1n) is 5.48. The van der Waals surface area contributed by atoms with Gasteiger partial charge in [0.25, 0.3) is 0 Å². The van der Waals surface area contributed by atoms with Gasteiger partial charge in [0.15, 0.2) is 0 Å². The minimum absolute atomic E-state index is 0.0277. The number of nitrogens with one attached hydrogen (secondary N) is 1. The van der Waals surface area contributed by atoms with Gasteiger partial charge in [0.1, 0.15) is 5.84 Å². The van der Waals surface area contributed by atoms with Crippen molar-refractivity contribution in [3.8, 4) is 0 Å². The van der Waals surface area contributed by atoms with E-state index in [1.807, 2.05) is 26.8 Å². The number of benzene rings is 1. The number of allylic oxidation sites excluding steroid dienone is 2. The van der Waals surface area contributed by atoms with E-state index in [2.05, 4.69) is 9.12 Å². The molecule has 5 nitrogen and oxygen atoms in total. The third-order valence-corrected chi connectivity index (χ3v) is 3.85. The van der Waals surface area contributed by atoms with Crippen molar-refractivity contribution in [2.24, 2.45) is 10.1 Å². The lowest BCUT2D eigenvalue weighted by molar-refractivity contribution is 0.602. The average Bonchev–Trinajstić information content (AvgIpc) is 2.25. The van der Waals surface area contributed by atoms with Crippen LogP contribution in [0.15, 0.2) is 28.2 Å². The molecule has 0 aliphatic carbocycles. The molecule has 0 amide bonds. The quantitative estimate of drug-likeness (QED) is 0.813. The van der Waals surface area contributed by atoms with Crippen molar-refractivity contribution in [3.05, 3.63) is 34.9 Å². The monoisotopic (exact) mass is 265 g/mol. The van der Waals surface area contributed by atoms with Gasteiger partial charge in [-0.15, -0.1) is 4.40 Å². The van der Waals surface area contributed by atoms with Gasteiger partial charge in [-0.2, -0.15) is 8.42 Å². The topological polar surface area (TPSA) is 84.5 Å². The van der Waals surface area contributed by atoms with E-state index in [1.165, 1.54) is 0 Å². The van der Waals surface area contributed by atoms with Crippen LogP contribution in [0.2, 0.25) is 0 Å². The van der Waals surface area contributed by atoms with Gasteiger partial charge >= 0.3 is 10.2 Å². The van der Waals surface area contributed by atoms with Crippen LogP contribution in [0.1, 0.15) is 31.9 Å². The molecule has 1 aliphatic heterocycles. The van der Waals surface area contributed by atoms with Crippen molar-refractivity contribution in [1.82, 2.24) is 0 Å². The standard InChI is InChI=1S/C12H15N3O2S/c1-7(2)8(3)9-5-4-6-10-11(9)12(13)15-18(16,17)14-10/h4-6,14H,1-3H3,(H2,13,15). The van der Waals surface area contributed by atoms with E-state index in [9.17, 15) is 8.42 Å². The van der Waals surface area contributed by atoms with Gasteiger partial charge in [-0.05, 0) is 38.0 Å². The number of nitrogens with zero attached hydrogens (tertiary/aromatic N) is 1. The first kappa shape index (κ1) is 12.6. The second kappa shape index (κ2) is 4.13. The maximum absolute atomic E-state index is 11.4. The third-order valence-electron chi connectivity index (χ3n) is 2.93. The fourth-order valence-electron chi connectivity index (χ4n) is 1.83. The lowest BCUT2D eigenvalue weighted by atomic mass is 9.96. The maximum atomic E-state index is 11.4. The number of anilines is 1.